The molecule has 1 aliphatic heterocycles. The molecule has 0 radical (unpaired) electrons. The number of ether oxygens (including phenoxy) is 3. The molecule has 46 heavy (non-hydrogen) atoms. The summed E-state index contributed by atoms with van der Waals surface area (Å²) in [6.07, 6.45) is -0.795. The van der Waals surface area contributed by atoms with Crippen molar-refractivity contribution in [3.8, 4) is 0 Å². The molecule has 14 nitrogen and oxygen atoms in total. The number of β-amino-alcohol motifs (C(OH)–C–C–N with tert-alkyl or cyclic N) is 1. The number of aliphatic hydroxyl groups excluding tert-OH is 3. The second kappa shape index (κ2) is 19.8. The van der Waals surface area contributed by atoms with E-state index in [0.29, 0.717) is 58.9 Å². The molecule has 1 saturated heterocycles. The largest absolute Gasteiger partial charge is 0.459 e. The van der Waals surface area contributed by atoms with Crippen LogP contribution in [0.3, 0.4) is 0 Å². The summed E-state index contributed by atoms with van der Waals surface area (Å²) in [7, 11) is 0. The number of nitrogens with one attached hydrogen (secondary N) is 1. The van der Waals surface area contributed by atoms with Gasteiger partial charge in [0, 0.05) is 65.4 Å². The Labute approximate surface area is 276 Å². The fourth-order valence-corrected chi connectivity index (χ4v) is 4.76. The summed E-state index contributed by atoms with van der Waals surface area (Å²) in [5.74, 6) is -1.05. The van der Waals surface area contributed by atoms with Gasteiger partial charge >= 0.3 is 17.9 Å². The molecular formula is C32H63N5O9. The smallest absolute Gasteiger partial charge is 0.320 e. The van der Waals surface area contributed by atoms with E-state index in [4.69, 9.17) is 14.2 Å². The maximum Gasteiger partial charge on any atom is 0.320 e. The highest BCUT2D eigenvalue weighted by Gasteiger charge is 2.26. The lowest BCUT2D eigenvalue weighted by atomic mass is 10.2. The molecule has 0 bridgehead atoms. The average molecular weight is 662 g/mol. The zero-order chi connectivity index (χ0) is 35.1. The molecule has 0 amide bonds. The van der Waals surface area contributed by atoms with Crippen molar-refractivity contribution in [1.29, 1.82) is 0 Å². The minimum absolute atomic E-state index is 0.0613. The molecule has 0 aromatic rings. The van der Waals surface area contributed by atoms with E-state index < -0.39 is 28.9 Å². The second-order valence-electron chi connectivity index (χ2n) is 15.0. The van der Waals surface area contributed by atoms with Crippen molar-refractivity contribution in [2.75, 3.05) is 98.3 Å². The summed E-state index contributed by atoms with van der Waals surface area (Å²) in [4.78, 5) is 46.5. The van der Waals surface area contributed by atoms with Crippen LogP contribution in [0.4, 0.5) is 0 Å². The van der Waals surface area contributed by atoms with Crippen molar-refractivity contribution in [1.82, 2.24) is 24.9 Å². The summed E-state index contributed by atoms with van der Waals surface area (Å²) in [6, 6.07) is -0.529. The molecule has 270 valence electrons. The molecular weight excluding hydrogens is 598 g/mol. The summed E-state index contributed by atoms with van der Waals surface area (Å²) in [6.45, 7) is 20.4. The number of carbonyl (C=O) groups excluding carboxylic acids is 3. The van der Waals surface area contributed by atoms with Crippen LogP contribution in [0.5, 0.6) is 0 Å². The molecule has 0 aromatic heterocycles. The highest BCUT2D eigenvalue weighted by molar-refractivity contribution is 5.73. The van der Waals surface area contributed by atoms with Crippen LogP contribution in [-0.2, 0) is 28.6 Å². The van der Waals surface area contributed by atoms with Crippen molar-refractivity contribution in [3.05, 3.63) is 0 Å². The third kappa shape index (κ3) is 21.1. The highest BCUT2D eigenvalue weighted by atomic mass is 16.6. The Bertz CT molecular complexity index is 867. The Morgan fingerprint density at radius 3 is 1.13 bits per heavy atom. The summed E-state index contributed by atoms with van der Waals surface area (Å²) < 4.78 is 16.8. The van der Waals surface area contributed by atoms with Crippen molar-refractivity contribution >= 4 is 17.9 Å². The van der Waals surface area contributed by atoms with Crippen LogP contribution in [0.2, 0.25) is 0 Å². The summed E-state index contributed by atoms with van der Waals surface area (Å²) in [5.41, 5.74) is -1.89. The summed E-state index contributed by atoms with van der Waals surface area (Å²) in [5, 5.41) is 32.5. The molecule has 0 saturated carbocycles. The van der Waals surface area contributed by atoms with Gasteiger partial charge in [0.15, 0.2) is 0 Å². The lowest BCUT2D eigenvalue weighted by Crippen LogP contribution is -2.51. The Balaban J connectivity index is 3.21. The molecule has 1 fully saturated rings. The Morgan fingerprint density at radius 2 is 0.870 bits per heavy atom. The lowest BCUT2D eigenvalue weighted by Gasteiger charge is -2.35. The van der Waals surface area contributed by atoms with E-state index >= 15 is 0 Å². The van der Waals surface area contributed by atoms with Gasteiger partial charge in [-0.3, -0.25) is 34.0 Å². The maximum absolute atomic E-state index is 12.8. The first kappa shape index (κ1) is 42.1. The number of esters is 3. The van der Waals surface area contributed by atoms with Crippen LogP contribution in [0.25, 0.3) is 0 Å². The van der Waals surface area contributed by atoms with E-state index in [1.807, 2.05) is 77.0 Å². The van der Waals surface area contributed by atoms with Gasteiger partial charge in [-0.1, -0.05) is 0 Å². The van der Waals surface area contributed by atoms with E-state index in [-0.39, 0.29) is 57.3 Å². The number of aliphatic hydroxyl groups is 3. The van der Waals surface area contributed by atoms with Gasteiger partial charge in [-0.2, -0.15) is 0 Å². The number of hydrogen-bond acceptors (Lipinski definition) is 14. The number of hydrogen-bond donors (Lipinski definition) is 4. The van der Waals surface area contributed by atoms with E-state index in [0.717, 1.165) is 0 Å². The number of carbonyl (C=O) groups is 3. The van der Waals surface area contributed by atoms with Crippen LogP contribution in [0, 0.1) is 0 Å². The second-order valence-corrected chi connectivity index (χ2v) is 15.0. The quantitative estimate of drug-likeness (QED) is 0.148. The van der Waals surface area contributed by atoms with Gasteiger partial charge in [0.1, 0.15) is 16.8 Å². The third-order valence-electron chi connectivity index (χ3n) is 6.80. The number of nitrogens with zero attached hydrogens (tertiary/aromatic N) is 4. The van der Waals surface area contributed by atoms with Crippen LogP contribution < -0.4 is 5.32 Å². The summed E-state index contributed by atoms with van der Waals surface area (Å²) >= 11 is 0. The topological polar surface area (TPSA) is 165 Å². The first-order chi connectivity index (χ1) is 21.2. The van der Waals surface area contributed by atoms with Crippen molar-refractivity contribution in [2.24, 2.45) is 0 Å². The highest BCUT2D eigenvalue weighted by Crippen LogP contribution is 2.11. The van der Waals surface area contributed by atoms with E-state index in [1.54, 1.807) is 0 Å². The van der Waals surface area contributed by atoms with Crippen molar-refractivity contribution in [2.45, 2.75) is 91.3 Å². The van der Waals surface area contributed by atoms with Gasteiger partial charge in [-0.15, -0.1) is 0 Å². The van der Waals surface area contributed by atoms with Crippen LogP contribution in [0.1, 0.15) is 62.3 Å². The van der Waals surface area contributed by atoms with Crippen molar-refractivity contribution in [3.63, 3.8) is 0 Å². The van der Waals surface area contributed by atoms with Gasteiger partial charge < -0.3 is 34.8 Å². The molecule has 1 unspecified atom stereocenters. The molecule has 0 spiro atoms. The van der Waals surface area contributed by atoms with Gasteiger partial charge in [-0.05, 0) is 62.3 Å². The zero-order valence-electron chi connectivity index (χ0n) is 29.8. The number of rotatable bonds is 13. The predicted octanol–water partition coefficient (Wildman–Crippen LogP) is -0.463. The zero-order valence-corrected chi connectivity index (χ0v) is 29.8. The average Bonchev–Trinajstić information content (AvgIpc) is 2.87. The van der Waals surface area contributed by atoms with Crippen molar-refractivity contribution < 1.29 is 43.9 Å². The van der Waals surface area contributed by atoms with Crippen LogP contribution >= 0.6 is 0 Å². The van der Waals surface area contributed by atoms with E-state index in [1.165, 1.54) is 0 Å². The SMILES string of the molecule is CC(C)(C)OC(=O)CN1CCN(CC(=O)OC(C)(C)C)CCN(CC(O)CNC(CO)CO)CCN(CC(=O)OC(C)(C)C)CC1. The van der Waals surface area contributed by atoms with Gasteiger partial charge in [0.25, 0.3) is 0 Å². The standard InChI is InChI=1S/C32H63N5O9/c1-30(2,3)44-27(41)20-35-12-10-34(19-26(40)18-33-25(23-38)24-39)11-13-36(21-28(42)45-31(4,5)6)15-17-37(16-14-35)22-29(43)46-32(7,8)9/h25-26,33,38-40H,10-24H2,1-9H3. The van der Waals surface area contributed by atoms with E-state index in [2.05, 4.69) is 10.2 Å². The molecule has 0 aliphatic carbocycles. The lowest BCUT2D eigenvalue weighted by molar-refractivity contribution is -0.158. The Kier molecular flexibility index (Phi) is 18.1. The fraction of sp³-hybridized carbons (Fsp3) is 0.906. The molecule has 1 heterocycles. The van der Waals surface area contributed by atoms with Crippen LogP contribution in [0.15, 0.2) is 0 Å². The minimum Gasteiger partial charge on any atom is -0.459 e. The molecule has 4 N–H and O–H groups in total. The van der Waals surface area contributed by atoms with Crippen LogP contribution in [-0.4, -0.2) is 180 Å². The first-order valence-corrected chi connectivity index (χ1v) is 16.4. The molecule has 0 aromatic carbocycles. The van der Waals surface area contributed by atoms with Gasteiger partial charge in [-0.25, -0.2) is 0 Å². The third-order valence-corrected chi connectivity index (χ3v) is 6.80. The molecule has 1 rings (SSSR count). The Morgan fingerprint density at radius 1 is 0.587 bits per heavy atom. The maximum atomic E-state index is 12.8. The van der Waals surface area contributed by atoms with E-state index in [9.17, 15) is 29.7 Å². The van der Waals surface area contributed by atoms with Gasteiger partial charge in [0.2, 0.25) is 0 Å². The predicted molar refractivity (Wildman–Crippen MR) is 175 cm³/mol. The fourth-order valence-electron chi connectivity index (χ4n) is 4.76. The normalized spacial score (nSPS) is 18.5. The van der Waals surface area contributed by atoms with Gasteiger partial charge in [0.05, 0.1) is 45.0 Å². The molecule has 1 aliphatic rings. The first-order valence-electron chi connectivity index (χ1n) is 16.4. The minimum atomic E-state index is -0.795. The molecule has 14 heteroatoms. The Hall–Kier alpha value is -1.91. The molecule has 1 atom stereocenters. The monoisotopic (exact) mass is 661 g/mol.